The van der Waals surface area contributed by atoms with Crippen LogP contribution in [0.4, 0.5) is 5.69 Å². The number of nitrogens with zero attached hydrogens (tertiary/aromatic N) is 4. The summed E-state index contributed by atoms with van der Waals surface area (Å²) in [7, 11) is 0. The molecule has 1 aromatic heterocycles. The monoisotopic (exact) mass is 406 g/mol. The molecule has 1 amide bonds. The van der Waals surface area contributed by atoms with Gasteiger partial charge in [-0.05, 0) is 50.3 Å². The number of nitro groups is 1. The number of unbranched alkanes of at least 4 members (excludes halogenated alkanes) is 2. The van der Waals surface area contributed by atoms with Crippen molar-refractivity contribution in [3.63, 3.8) is 0 Å². The molecule has 1 aromatic carbocycles. The van der Waals surface area contributed by atoms with E-state index in [0.717, 1.165) is 38.8 Å². The first-order valence-electron chi connectivity index (χ1n) is 9.40. The van der Waals surface area contributed by atoms with Crippen LogP contribution in [0.15, 0.2) is 24.3 Å². The number of carbonyl (C=O) groups is 1. The van der Waals surface area contributed by atoms with Crippen LogP contribution in [-0.4, -0.2) is 50.2 Å². The summed E-state index contributed by atoms with van der Waals surface area (Å²) in [5.74, 6) is 0.204. The molecule has 2 N–H and O–H groups in total. The van der Waals surface area contributed by atoms with Crippen molar-refractivity contribution in [3.05, 3.63) is 39.2 Å². The third-order valence-electron chi connectivity index (χ3n) is 4.27. The van der Waals surface area contributed by atoms with Gasteiger partial charge in [0.05, 0.1) is 11.5 Å². The van der Waals surface area contributed by atoms with Gasteiger partial charge in [0.2, 0.25) is 4.77 Å². The number of H-pyrrole nitrogens is 1. The zero-order chi connectivity index (χ0) is 20.5. The second kappa shape index (κ2) is 10.7. The number of nitrogens with one attached hydrogen (secondary N) is 2. The zero-order valence-electron chi connectivity index (χ0n) is 16.2. The minimum absolute atomic E-state index is 0.0176. The molecule has 0 bridgehead atoms. The highest BCUT2D eigenvalue weighted by Gasteiger charge is 2.15. The van der Waals surface area contributed by atoms with E-state index in [4.69, 9.17) is 12.2 Å². The average Bonchev–Trinajstić information content (AvgIpc) is 3.04. The number of hydrogen-bond acceptors (Lipinski definition) is 6. The smallest absolute Gasteiger partial charge is 0.269 e. The van der Waals surface area contributed by atoms with Gasteiger partial charge in [0.15, 0.2) is 5.82 Å². The fraction of sp³-hybridized carbons (Fsp3) is 0.500. The Hall–Kier alpha value is -2.59. The number of amides is 1. The van der Waals surface area contributed by atoms with Crippen LogP contribution in [0.25, 0.3) is 11.4 Å². The maximum Gasteiger partial charge on any atom is 0.269 e. The normalized spacial score (nSPS) is 11.0. The molecule has 2 aromatic rings. The van der Waals surface area contributed by atoms with E-state index in [9.17, 15) is 14.9 Å². The number of rotatable bonds is 11. The summed E-state index contributed by atoms with van der Waals surface area (Å²) in [6, 6.07) is 5.91. The molecule has 0 aliphatic heterocycles. The number of aromatic nitrogens is 3. The standard InChI is InChI=1S/C18H26N6O3S/c1-3-5-11-22(12-6-4-2)13-16(25)21-23-17(19-20-18(23)28)14-7-9-15(10-8-14)24(26)27/h7-10H,3-6,11-13H2,1-2H3,(H,20,28)(H,21,25). The number of carbonyl (C=O) groups excluding carboxylic acids is 1. The first kappa shape index (κ1) is 21.7. The van der Waals surface area contributed by atoms with Crippen LogP contribution >= 0.6 is 12.2 Å². The summed E-state index contributed by atoms with van der Waals surface area (Å²) in [6.45, 7) is 6.26. The van der Waals surface area contributed by atoms with Crippen LogP contribution in [0.5, 0.6) is 0 Å². The van der Waals surface area contributed by atoms with E-state index in [0.29, 0.717) is 11.4 Å². The molecule has 0 atom stereocenters. The van der Waals surface area contributed by atoms with Crippen molar-refractivity contribution in [2.24, 2.45) is 0 Å². The number of non-ortho nitro benzene ring substituents is 1. The Morgan fingerprint density at radius 2 is 1.86 bits per heavy atom. The van der Waals surface area contributed by atoms with Crippen LogP contribution in [0.2, 0.25) is 0 Å². The largest absolute Gasteiger partial charge is 0.294 e. The number of nitro benzene ring substituents is 1. The maximum absolute atomic E-state index is 12.6. The van der Waals surface area contributed by atoms with Crippen molar-refractivity contribution in [1.29, 1.82) is 0 Å². The Bertz CT molecular complexity index is 838. The molecule has 0 fully saturated rings. The Morgan fingerprint density at radius 3 is 2.39 bits per heavy atom. The highest BCUT2D eigenvalue weighted by atomic mass is 32.1. The summed E-state index contributed by atoms with van der Waals surface area (Å²) in [6.07, 6.45) is 4.22. The highest BCUT2D eigenvalue weighted by molar-refractivity contribution is 7.71. The number of hydrogen-bond donors (Lipinski definition) is 2. The van der Waals surface area contributed by atoms with E-state index in [1.165, 1.54) is 16.8 Å². The summed E-state index contributed by atoms with van der Waals surface area (Å²) in [5.41, 5.74) is 3.37. The van der Waals surface area contributed by atoms with Crippen molar-refractivity contribution in [3.8, 4) is 11.4 Å². The molecule has 0 aliphatic rings. The van der Waals surface area contributed by atoms with E-state index in [1.807, 2.05) is 0 Å². The molecule has 0 radical (unpaired) electrons. The Balaban J connectivity index is 2.13. The Labute approximate surface area is 168 Å². The molecule has 0 saturated heterocycles. The SMILES string of the molecule is CCCCN(CCCC)CC(=O)Nn1c(-c2ccc([N+](=O)[O-])cc2)n[nH]c1=S. The van der Waals surface area contributed by atoms with Gasteiger partial charge in [-0.2, -0.15) is 5.10 Å². The highest BCUT2D eigenvalue weighted by Crippen LogP contribution is 2.20. The van der Waals surface area contributed by atoms with Gasteiger partial charge < -0.3 is 0 Å². The van der Waals surface area contributed by atoms with Gasteiger partial charge in [0, 0.05) is 17.7 Å². The first-order valence-corrected chi connectivity index (χ1v) is 9.81. The number of aromatic amines is 1. The molecule has 0 spiro atoms. The van der Waals surface area contributed by atoms with Crippen LogP contribution in [-0.2, 0) is 4.79 Å². The minimum Gasteiger partial charge on any atom is -0.294 e. The lowest BCUT2D eigenvalue weighted by molar-refractivity contribution is -0.384. The van der Waals surface area contributed by atoms with Crippen LogP contribution in [0, 0.1) is 14.9 Å². The third kappa shape index (κ3) is 5.96. The summed E-state index contributed by atoms with van der Waals surface area (Å²) in [5, 5.41) is 17.6. The van der Waals surface area contributed by atoms with Crippen molar-refractivity contribution < 1.29 is 9.72 Å². The van der Waals surface area contributed by atoms with E-state index in [2.05, 4.69) is 34.4 Å². The second-order valence-corrected chi connectivity index (χ2v) is 6.90. The van der Waals surface area contributed by atoms with Crippen molar-refractivity contribution >= 4 is 23.8 Å². The Morgan fingerprint density at radius 1 is 1.25 bits per heavy atom. The van der Waals surface area contributed by atoms with Gasteiger partial charge in [-0.3, -0.25) is 25.2 Å². The molecule has 2 rings (SSSR count). The van der Waals surface area contributed by atoms with E-state index >= 15 is 0 Å². The molecule has 1 heterocycles. The summed E-state index contributed by atoms with van der Waals surface area (Å²) < 4.78 is 1.65. The zero-order valence-corrected chi connectivity index (χ0v) is 17.0. The maximum atomic E-state index is 12.6. The molecule has 0 unspecified atom stereocenters. The minimum atomic E-state index is -0.468. The quantitative estimate of drug-likeness (QED) is 0.336. The fourth-order valence-corrected chi connectivity index (χ4v) is 2.90. The van der Waals surface area contributed by atoms with Gasteiger partial charge in [0.25, 0.3) is 11.6 Å². The lowest BCUT2D eigenvalue weighted by Gasteiger charge is -2.21. The molecule has 10 heteroatoms. The Kier molecular flexibility index (Phi) is 8.27. The third-order valence-corrected chi connectivity index (χ3v) is 4.54. The molecular weight excluding hydrogens is 380 g/mol. The fourth-order valence-electron chi connectivity index (χ4n) is 2.72. The first-order chi connectivity index (χ1) is 13.5. The van der Waals surface area contributed by atoms with Gasteiger partial charge in [-0.1, -0.05) is 26.7 Å². The van der Waals surface area contributed by atoms with Gasteiger partial charge >= 0.3 is 0 Å². The molecule has 9 nitrogen and oxygen atoms in total. The number of benzene rings is 1. The van der Waals surface area contributed by atoms with Gasteiger partial charge in [0.1, 0.15) is 0 Å². The van der Waals surface area contributed by atoms with Crippen molar-refractivity contribution in [2.45, 2.75) is 39.5 Å². The predicted octanol–water partition coefficient (Wildman–Crippen LogP) is 3.49. The van der Waals surface area contributed by atoms with Gasteiger partial charge in [-0.15, -0.1) is 0 Å². The van der Waals surface area contributed by atoms with Crippen LogP contribution in [0.1, 0.15) is 39.5 Å². The molecule has 0 saturated carbocycles. The average molecular weight is 407 g/mol. The molecule has 28 heavy (non-hydrogen) atoms. The topological polar surface area (TPSA) is 109 Å². The van der Waals surface area contributed by atoms with Crippen molar-refractivity contribution in [2.75, 3.05) is 25.1 Å². The van der Waals surface area contributed by atoms with E-state index < -0.39 is 4.92 Å². The molecule has 152 valence electrons. The summed E-state index contributed by atoms with van der Waals surface area (Å²) in [4.78, 5) is 25.1. The lowest BCUT2D eigenvalue weighted by Crippen LogP contribution is -2.37. The van der Waals surface area contributed by atoms with E-state index in [1.54, 1.807) is 12.1 Å². The lowest BCUT2D eigenvalue weighted by atomic mass is 10.2. The predicted molar refractivity (Wildman–Crippen MR) is 110 cm³/mol. The van der Waals surface area contributed by atoms with E-state index in [-0.39, 0.29) is 22.9 Å². The van der Waals surface area contributed by atoms with Crippen LogP contribution < -0.4 is 5.43 Å². The molecule has 0 aliphatic carbocycles. The second-order valence-electron chi connectivity index (χ2n) is 6.51. The van der Waals surface area contributed by atoms with Gasteiger partial charge in [-0.25, -0.2) is 9.77 Å². The molecular formula is C18H26N6O3S. The summed E-state index contributed by atoms with van der Waals surface area (Å²) >= 11 is 5.22. The van der Waals surface area contributed by atoms with Crippen molar-refractivity contribution in [1.82, 2.24) is 19.8 Å². The van der Waals surface area contributed by atoms with Crippen LogP contribution in [0.3, 0.4) is 0 Å².